The number of rotatable bonds is 6. The van der Waals surface area contributed by atoms with Crippen LogP contribution in [0.4, 0.5) is 5.95 Å². The van der Waals surface area contributed by atoms with Crippen LogP contribution in [0.3, 0.4) is 0 Å². The Morgan fingerprint density at radius 3 is 3.00 bits per heavy atom. The number of anilines is 1. The van der Waals surface area contributed by atoms with Crippen LogP contribution in [0.1, 0.15) is 31.1 Å². The predicted octanol–water partition coefficient (Wildman–Crippen LogP) is 3.61. The van der Waals surface area contributed by atoms with Gasteiger partial charge in [0, 0.05) is 11.4 Å². The Kier molecular flexibility index (Phi) is 3.55. The van der Waals surface area contributed by atoms with Crippen LogP contribution < -0.4 is 10.1 Å². The molecule has 2 heterocycles. The maximum atomic E-state index is 5.89. The summed E-state index contributed by atoms with van der Waals surface area (Å²) in [5.74, 6) is 2.15. The van der Waals surface area contributed by atoms with Gasteiger partial charge in [-0.15, -0.1) is 11.3 Å². The van der Waals surface area contributed by atoms with Gasteiger partial charge in [0.1, 0.15) is 4.83 Å². The maximum Gasteiger partial charge on any atom is 0.227 e. The third-order valence-electron chi connectivity index (χ3n) is 3.17. The van der Waals surface area contributed by atoms with E-state index in [2.05, 4.69) is 35.2 Å². The molecule has 0 aliphatic heterocycles. The van der Waals surface area contributed by atoms with E-state index in [0.717, 1.165) is 41.6 Å². The van der Waals surface area contributed by atoms with Gasteiger partial charge in [0.05, 0.1) is 12.0 Å². The molecular weight excluding hydrogens is 258 g/mol. The first-order valence-corrected chi connectivity index (χ1v) is 7.72. The van der Waals surface area contributed by atoms with Crippen molar-refractivity contribution in [3.63, 3.8) is 0 Å². The van der Waals surface area contributed by atoms with E-state index in [1.54, 1.807) is 11.3 Å². The zero-order chi connectivity index (χ0) is 13.2. The topological polar surface area (TPSA) is 47.0 Å². The average molecular weight is 277 g/mol. The van der Waals surface area contributed by atoms with E-state index >= 15 is 0 Å². The molecule has 1 aliphatic rings. The number of aromatic nitrogens is 2. The highest BCUT2D eigenvalue weighted by Gasteiger charge is 2.23. The van der Waals surface area contributed by atoms with Crippen LogP contribution in [0.5, 0.6) is 5.88 Å². The minimum atomic E-state index is 0.682. The van der Waals surface area contributed by atoms with E-state index in [1.807, 2.05) is 0 Å². The SMILES string of the molecule is CCCNc1nc(OCC2CC2)c2cc(C)sc2n1. The van der Waals surface area contributed by atoms with E-state index in [4.69, 9.17) is 4.74 Å². The largest absolute Gasteiger partial charge is 0.477 e. The van der Waals surface area contributed by atoms with Crippen molar-refractivity contribution in [1.82, 2.24) is 9.97 Å². The van der Waals surface area contributed by atoms with Gasteiger partial charge in [0.15, 0.2) is 0 Å². The number of fused-ring (bicyclic) bond motifs is 1. The van der Waals surface area contributed by atoms with Crippen LogP contribution in [-0.4, -0.2) is 23.1 Å². The van der Waals surface area contributed by atoms with E-state index < -0.39 is 0 Å². The summed E-state index contributed by atoms with van der Waals surface area (Å²) in [6.07, 6.45) is 3.64. The van der Waals surface area contributed by atoms with Crippen molar-refractivity contribution >= 4 is 27.5 Å². The first kappa shape index (κ1) is 12.7. The summed E-state index contributed by atoms with van der Waals surface area (Å²) in [7, 11) is 0. The third-order valence-corrected chi connectivity index (χ3v) is 4.11. The summed E-state index contributed by atoms with van der Waals surface area (Å²) in [5, 5.41) is 4.29. The molecule has 2 aromatic heterocycles. The minimum Gasteiger partial charge on any atom is -0.477 e. The highest BCUT2D eigenvalue weighted by Crippen LogP contribution is 2.33. The second-order valence-electron chi connectivity index (χ2n) is 5.11. The summed E-state index contributed by atoms with van der Waals surface area (Å²) in [4.78, 5) is 11.3. The van der Waals surface area contributed by atoms with Crippen molar-refractivity contribution in [3.05, 3.63) is 10.9 Å². The second-order valence-corrected chi connectivity index (χ2v) is 6.34. The number of nitrogens with one attached hydrogen (secondary N) is 1. The molecule has 0 amide bonds. The number of ether oxygens (including phenoxy) is 1. The maximum absolute atomic E-state index is 5.89. The van der Waals surface area contributed by atoms with Crippen molar-refractivity contribution in [3.8, 4) is 5.88 Å². The molecule has 0 spiro atoms. The van der Waals surface area contributed by atoms with Gasteiger partial charge in [-0.2, -0.15) is 4.98 Å². The molecule has 0 atom stereocenters. The van der Waals surface area contributed by atoms with Crippen LogP contribution in [0.25, 0.3) is 10.2 Å². The van der Waals surface area contributed by atoms with Gasteiger partial charge in [-0.1, -0.05) is 6.92 Å². The number of hydrogen-bond donors (Lipinski definition) is 1. The lowest BCUT2D eigenvalue weighted by Crippen LogP contribution is -2.07. The number of nitrogens with zero attached hydrogens (tertiary/aromatic N) is 2. The van der Waals surface area contributed by atoms with Crippen molar-refractivity contribution in [2.45, 2.75) is 33.1 Å². The fraction of sp³-hybridized carbons (Fsp3) is 0.571. The smallest absolute Gasteiger partial charge is 0.227 e. The quantitative estimate of drug-likeness (QED) is 0.876. The van der Waals surface area contributed by atoms with Gasteiger partial charge in [0.2, 0.25) is 11.8 Å². The van der Waals surface area contributed by atoms with Gasteiger partial charge in [0.25, 0.3) is 0 Å². The second kappa shape index (κ2) is 5.33. The lowest BCUT2D eigenvalue weighted by Gasteiger charge is -2.08. The lowest BCUT2D eigenvalue weighted by molar-refractivity contribution is 0.292. The van der Waals surface area contributed by atoms with Gasteiger partial charge in [-0.05, 0) is 38.2 Å². The van der Waals surface area contributed by atoms with E-state index in [1.165, 1.54) is 17.7 Å². The highest BCUT2D eigenvalue weighted by atomic mass is 32.1. The molecule has 19 heavy (non-hydrogen) atoms. The molecule has 0 bridgehead atoms. The molecule has 4 nitrogen and oxygen atoms in total. The lowest BCUT2D eigenvalue weighted by atomic mass is 10.3. The van der Waals surface area contributed by atoms with E-state index in [-0.39, 0.29) is 0 Å². The molecule has 2 aromatic rings. The molecule has 1 fully saturated rings. The Morgan fingerprint density at radius 2 is 2.26 bits per heavy atom. The number of hydrogen-bond acceptors (Lipinski definition) is 5. The first-order valence-electron chi connectivity index (χ1n) is 6.91. The van der Waals surface area contributed by atoms with Crippen LogP contribution >= 0.6 is 11.3 Å². The summed E-state index contributed by atoms with van der Waals surface area (Å²) in [6, 6.07) is 2.12. The fourth-order valence-corrected chi connectivity index (χ4v) is 2.79. The highest BCUT2D eigenvalue weighted by molar-refractivity contribution is 7.18. The van der Waals surface area contributed by atoms with Crippen LogP contribution in [0.15, 0.2) is 6.07 Å². The Bertz CT molecular complexity index is 577. The molecule has 3 rings (SSSR count). The summed E-state index contributed by atoms with van der Waals surface area (Å²) >= 11 is 1.69. The normalized spacial score (nSPS) is 14.8. The Morgan fingerprint density at radius 1 is 1.42 bits per heavy atom. The zero-order valence-corrected chi connectivity index (χ0v) is 12.2. The van der Waals surface area contributed by atoms with Crippen LogP contribution in [-0.2, 0) is 0 Å². The van der Waals surface area contributed by atoms with Crippen LogP contribution in [0.2, 0.25) is 0 Å². The summed E-state index contributed by atoms with van der Waals surface area (Å²) < 4.78 is 5.89. The summed E-state index contributed by atoms with van der Waals surface area (Å²) in [6.45, 7) is 5.90. The van der Waals surface area contributed by atoms with Crippen molar-refractivity contribution in [2.24, 2.45) is 5.92 Å². The van der Waals surface area contributed by atoms with E-state index in [9.17, 15) is 0 Å². The molecule has 0 radical (unpaired) electrons. The van der Waals surface area contributed by atoms with Crippen molar-refractivity contribution in [2.75, 3.05) is 18.5 Å². The molecule has 1 aliphatic carbocycles. The molecule has 1 saturated carbocycles. The van der Waals surface area contributed by atoms with Gasteiger partial charge in [-0.3, -0.25) is 0 Å². The first-order chi connectivity index (χ1) is 9.26. The number of thiophene rings is 1. The minimum absolute atomic E-state index is 0.682. The summed E-state index contributed by atoms with van der Waals surface area (Å²) in [5.41, 5.74) is 0. The number of aryl methyl sites for hydroxylation is 1. The molecule has 1 N–H and O–H groups in total. The Hall–Kier alpha value is -1.36. The molecule has 0 aromatic carbocycles. The van der Waals surface area contributed by atoms with Gasteiger partial charge in [-0.25, -0.2) is 4.98 Å². The Balaban J connectivity index is 1.89. The standard InChI is InChI=1S/C14H19N3OS/c1-3-6-15-14-16-12(18-8-10-4-5-10)11-7-9(2)19-13(11)17-14/h7,10H,3-6,8H2,1-2H3,(H,15,16,17). The molecule has 5 heteroatoms. The van der Waals surface area contributed by atoms with Crippen molar-refractivity contribution in [1.29, 1.82) is 0 Å². The molecule has 0 saturated heterocycles. The van der Waals surface area contributed by atoms with Gasteiger partial charge < -0.3 is 10.1 Å². The van der Waals surface area contributed by atoms with Crippen LogP contribution in [0, 0.1) is 12.8 Å². The average Bonchev–Trinajstić information content (AvgIpc) is 3.14. The van der Waals surface area contributed by atoms with E-state index in [0.29, 0.717) is 5.95 Å². The Labute approximate surface area is 117 Å². The zero-order valence-electron chi connectivity index (χ0n) is 11.4. The predicted molar refractivity (Wildman–Crippen MR) is 79.2 cm³/mol. The molecule has 102 valence electrons. The van der Waals surface area contributed by atoms with Gasteiger partial charge >= 0.3 is 0 Å². The molecular formula is C14H19N3OS. The van der Waals surface area contributed by atoms with Crippen molar-refractivity contribution < 1.29 is 4.74 Å². The monoisotopic (exact) mass is 277 g/mol. The molecule has 0 unspecified atom stereocenters. The third kappa shape index (κ3) is 2.97. The fourth-order valence-electron chi connectivity index (χ4n) is 1.92.